The fourth-order valence-corrected chi connectivity index (χ4v) is 1.33. The highest BCUT2D eigenvalue weighted by Crippen LogP contribution is 2.44. The number of nitrogens with two attached hydrogens (primary N) is 1. The summed E-state index contributed by atoms with van der Waals surface area (Å²) in [7, 11) is 0. The van der Waals surface area contributed by atoms with Crippen molar-refractivity contribution >= 4 is 11.6 Å². The van der Waals surface area contributed by atoms with E-state index >= 15 is 0 Å². The Kier molecular flexibility index (Phi) is 2.12. The van der Waals surface area contributed by atoms with Crippen molar-refractivity contribution in [2.75, 3.05) is 0 Å². The zero-order valence-corrected chi connectivity index (χ0v) is 7.98. The van der Waals surface area contributed by atoms with Gasteiger partial charge in [-0.3, -0.25) is 14.9 Å². The lowest BCUT2D eigenvalue weighted by atomic mass is 10.1. The van der Waals surface area contributed by atoms with Crippen molar-refractivity contribution in [2.45, 2.75) is 6.29 Å². The van der Waals surface area contributed by atoms with Crippen LogP contribution in [0, 0.1) is 10.1 Å². The Labute approximate surface area is 91.9 Å². The highest BCUT2D eigenvalue weighted by atomic mass is 19.3. The topological polar surface area (TPSA) is 105 Å². The van der Waals surface area contributed by atoms with Gasteiger partial charge in [-0.25, -0.2) is 0 Å². The summed E-state index contributed by atoms with van der Waals surface area (Å²) in [6, 6.07) is 1.41. The van der Waals surface area contributed by atoms with Crippen LogP contribution >= 0.6 is 0 Å². The maximum absolute atomic E-state index is 12.7. The Balaban J connectivity index is 2.58. The molecule has 7 nitrogen and oxygen atoms in total. The van der Waals surface area contributed by atoms with E-state index in [0.717, 1.165) is 6.07 Å². The van der Waals surface area contributed by atoms with Gasteiger partial charge < -0.3 is 15.2 Å². The van der Waals surface area contributed by atoms with Crippen LogP contribution in [0.25, 0.3) is 0 Å². The fraction of sp³-hybridized carbons (Fsp3) is 0.125. The van der Waals surface area contributed by atoms with Crippen molar-refractivity contribution < 1.29 is 28.0 Å². The average Bonchev–Trinajstić information content (AvgIpc) is 2.48. The molecular weight excluding hydrogens is 242 g/mol. The van der Waals surface area contributed by atoms with Crippen molar-refractivity contribution in [3.05, 3.63) is 27.8 Å². The van der Waals surface area contributed by atoms with Crippen molar-refractivity contribution in [1.29, 1.82) is 0 Å². The minimum Gasteiger partial charge on any atom is -0.395 e. The number of primary amides is 1. The van der Waals surface area contributed by atoms with E-state index < -0.39 is 39.9 Å². The molecule has 1 aromatic rings. The average molecular weight is 246 g/mol. The number of amides is 1. The molecule has 2 N–H and O–H groups in total. The number of benzene rings is 1. The van der Waals surface area contributed by atoms with Crippen LogP contribution in [0.15, 0.2) is 12.1 Å². The standard InChI is InChI=1S/C8H4F2N2O5/c9-8(10)16-5-1-3(7(11)13)4(12(14)15)2-6(5)17-8/h1-2H,(H2,11,13). The predicted molar refractivity (Wildman–Crippen MR) is 47.8 cm³/mol. The van der Waals surface area contributed by atoms with Gasteiger partial charge >= 0.3 is 6.29 Å². The van der Waals surface area contributed by atoms with Crippen LogP contribution < -0.4 is 15.2 Å². The lowest BCUT2D eigenvalue weighted by Gasteiger charge is -2.04. The van der Waals surface area contributed by atoms with E-state index in [4.69, 9.17) is 5.73 Å². The monoisotopic (exact) mass is 246 g/mol. The highest BCUT2D eigenvalue weighted by molar-refractivity contribution is 5.97. The van der Waals surface area contributed by atoms with Crippen molar-refractivity contribution in [1.82, 2.24) is 0 Å². The number of hydrogen-bond acceptors (Lipinski definition) is 5. The molecule has 1 heterocycles. The van der Waals surface area contributed by atoms with Gasteiger partial charge in [-0.15, -0.1) is 8.78 Å². The van der Waals surface area contributed by atoms with Crippen LogP contribution in [0.1, 0.15) is 10.4 Å². The van der Waals surface area contributed by atoms with Crippen LogP contribution in [-0.2, 0) is 0 Å². The quantitative estimate of drug-likeness (QED) is 0.619. The van der Waals surface area contributed by atoms with E-state index in [1.165, 1.54) is 0 Å². The third-order valence-corrected chi connectivity index (χ3v) is 1.98. The van der Waals surface area contributed by atoms with E-state index in [9.17, 15) is 23.7 Å². The zero-order valence-electron chi connectivity index (χ0n) is 7.98. The fourth-order valence-electron chi connectivity index (χ4n) is 1.33. The number of nitrogens with zero attached hydrogens (tertiary/aromatic N) is 1. The number of rotatable bonds is 2. The number of fused-ring (bicyclic) bond motifs is 1. The Morgan fingerprint density at radius 2 is 1.88 bits per heavy atom. The van der Waals surface area contributed by atoms with Gasteiger partial charge in [0.05, 0.1) is 11.0 Å². The number of carbonyl (C=O) groups excluding carboxylic acids is 1. The van der Waals surface area contributed by atoms with E-state index in [0.29, 0.717) is 6.07 Å². The lowest BCUT2D eigenvalue weighted by Crippen LogP contribution is -2.25. The number of carbonyl (C=O) groups is 1. The summed E-state index contributed by atoms with van der Waals surface area (Å²) in [5, 5.41) is 10.6. The van der Waals surface area contributed by atoms with E-state index in [2.05, 4.69) is 9.47 Å². The second-order valence-corrected chi connectivity index (χ2v) is 3.10. The Morgan fingerprint density at radius 1 is 1.35 bits per heavy atom. The smallest absolute Gasteiger partial charge is 0.395 e. The minimum atomic E-state index is -3.91. The molecule has 1 aliphatic heterocycles. The number of nitro benzene ring substituents is 1. The molecule has 0 saturated carbocycles. The number of hydrogen-bond donors (Lipinski definition) is 1. The maximum atomic E-state index is 12.7. The van der Waals surface area contributed by atoms with Gasteiger partial charge in [-0.2, -0.15) is 0 Å². The molecule has 0 aromatic heterocycles. The molecule has 90 valence electrons. The van der Waals surface area contributed by atoms with E-state index in [1.807, 2.05) is 0 Å². The Morgan fingerprint density at radius 3 is 2.35 bits per heavy atom. The molecule has 9 heteroatoms. The summed E-state index contributed by atoms with van der Waals surface area (Å²) in [5.41, 5.74) is 3.63. The van der Waals surface area contributed by atoms with E-state index in [-0.39, 0.29) is 0 Å². The first kappa shape index (κ1) is 11.0. The van der Waals surface area contributed by atoms with Crippen molar-refractivity contribution in [3.63, 3.8) is 0 Å². The summed E-state index contributed by atoms with van der Waals surface area (Å²) in [5.74, 6) is -2.13. The number of alkyl halides is 2. The number of halogens is 2. The highest BCUT2D eigenvalue weighted by Gasteiger charge is 2.45. The SMILES string of the molecule is NC(=O)c1cc2c(cc1[N+](=O)[O-])OC(F)(F)O2. The summed E-state index contributed by atoms with van der Waals surface area (Å²) in [6.45, 7) is 0. The van der Waals surface area contributed by atoms with Gasteiger partial charge in [0.2, 0.25) is 0 Å². The molecular formula is C8H4F2N2O5. The van der Waals surface area contributed by atoms with Gasteiger partial charge in [-0.1, -0.05) is 0 Å². The van der Waals surface area contributed by atoms with Gasteiger partial charge in [0, 0.05) is 6.07 Å². The molecule has 0 unspecified atom stereocenters. The summed E-state index contributed by atoms with van der Waals surface area (Å²) < 4.78 is 33.4. The maximum Gasteiger partial charge on any atom is 0.586 e. The first-order chi connectivity index (χ1) is 7.80. The summed E-state index contributed by atoms with van der Waals surface area (Å²) in [4.78, 5) is 20.6. The summed E-state index contributed by atoms with van der Waals surface area (Å²) >= 11 is 0. The van der Waals surface area contributed by atoms with Crippen molar-refractivity contribution in [3.8, 4) is 11.5 Å². The predicted octanol–water partition coefficient (Wildman–Crippen LogP) is 1.02. The molecule has 0 bridgehead atoms. The first-order valence-electron chi connectivity index (χ1n) is 4.18. The van der Waals surface area contributed by atoms with Gasteiger partial charge in [-0.05, 0) is 0 Å². The normalized spacial score (nSPS) is 15.6. The molecule has 0 radical (unpaired) electrons. The molecule has 0 aliphatic carbocycles. The number of nitro groups is 1. The molecule has 1 aromatic carbocycles. The van der Waals surface area contributed by atoms with Crippen LogP contribution in [0.4, 0.5) is 14.5 Å². The molecule has 0 atom stereocenters. The van der Waals surface area contributed by atoms with Gasteiger partial charge in [0.15, 0.2) is 11.5 Å². The molecule has 2 rings (SSSR count). The Hall–Kier alpha value is -2.45. The molecule has 1 aliphatic rings. The second-order valence-electron chi connectivity index (χ2n) is 3.10. The van der Waals surface area contributed by atoms with Crippen molar-refractivity contribution in [2.24, 2.45) is 5.73 Å². The Bertz CT molecular complexity index is 486. The molecule has 0 spiro atoms. The van der Waals surface area contributed by atoms with Crippen LogP contribution in [-0.4, -0.2) is 17.1 Å². The van der Waals surface area contributed by atoms with Crippen LogP contribution in [0.3, 0.4) is 0 Å². The van der Waals surface area contributed by atoms with Crippen LogP contribution in [0.5, 0.6) is 11.5 Å². The molecule has 17 heavy (non-hydrogen) atoms. The molecule has 1 amide bonds. The largest absolute Gasteiger partial charge is 0.586 e. The van der Waals surface area contributed by atoms with Crippen LogP contribution in [0.2, 0.25) is 0 Å². The second kappa shape index (κ2) is 3.27. The molecule has 0 fully saturated rings. The first-order valence-corrected chi connectivity index (χ1v) is 4.18. The zero-order chi connectivity index (χ0) is 12.8. The van der Waals surface area contributed by atoms with Gasteiger partial charge in [0.25, 0.3) is 11.6 Å². The molecule has 0 saturated heterocycles. The lowest BCUT2D eigenvalue weighted by molar-refractivity contribution is -0.385. The van der Waals surface area contributed by atoms with Gasteiger partial charge in [0.1, 0.15) is 5.56 Å². The van der Waals surface area contributed by atoms with E-state index in [1.54, 1.807) is 0 Å². The minimum absolute atomic E-state index is 0.477. The third kappa shape index (κ3) is 1.82. The third-order valence-electron chi connectivity index (χ3n) is 1.98. The summed E-state index contributed by atoms with van der Waals surface area (Å²) in [6.07, 6.45) is -3.91. The number of ether oxygens (including phenoxy) is 2.